The molecular weight excluding hydrogens is 243 g/mol. The van der Waals surface area contributed by atoms with Crippen LogP contribution in [0.4, 0.5) is 13.2 Å². The molecule has 0 radical (unpaired) electrons. The lowest BCUT2D eigenvalue weighted by Crippen LogP contribution is -2.30. The van der Waals surface area contributed by atoms with Gasteiger partial charge in [0.2, 0.25) is 0 Å². The molecule has 1 aromatic carbocycles. The summed E-state index contributed by atoms with van der Waals surface area (Å²) in [5.41, 5.74) is 4.84. The molecule has 0 saturated heterocycles. The van der Waals surface area contributed by atoms with E-state index >= 15 is 0 Å². The molecule has 90 valence electrons. The zero-order chi connectivity index (χ0) is 12.3. The topological polar surface area (TPSA) is 35.2 Å². The molecule has 0 aliphatic heterocycles. The summed E-state index contributed by atoms with van der Waals surface area (Å²) < 4.78 is 44.2. The number of rotatable bonds is 4. The highest BCUT2D eigenvalue weighted by Gasteiger charge is 2.30. The smallest absolute Gasteiger partial charge is 0.264 e. The monoisotopic (exact) mass is 253 g/mol. The number of methoxy groups -OCH3 is 1. The first-order valence-corrected chi connectivity index (χ1v) is 4.88. The van der Waals surface area contributed by atoms with Crippen molar-refractivity contribution in [1.82, 2.24) is 0 Å². The minimum Gasteiger partial charge on any atom is -0.496 e. The third-order valence-corrected chi connectivity index (χ3v) is 2.52. The maximum Gasteiger partial charge on any atom is 0.264 e. The molecule has 0 saturated carbocycles. The number of nitrogens with two attached hydrogens (primary N) is 1. The highest BCUT2D eigenvalue weighted by molar-refractivity contribution is 6.31. The molecule has 0 bridgehead atoms. The van der Waals surface area contributed by atoms with E-state index in [-0.39, 0.29) is 16.3 Å². The molecule has 0 aliphatic carbocycles. The first kappa shape index (κ1) is 13.1. The van der Waals surface area contributed by atoms with Gasteiger partial charge in [-0.15, -0.1) is 0 Å². The predicted octanol–water partition coefficient (Wildman–Crippen LogP) is 2.62. The third-order valence-electron chi connectivity index (χ3n) is 2.11. The zero-order valence-electron chi connectivity index (χ0n) is 8.57. The van der Waals surface area contributed by atoms with Crippen molar-refractivity contribution in [3.05, 3.63) is 28.5 Å². The quantitative estimate of drug-likeness (QED) is 0.895. The van der Waals surface area contributed by atoms with E-state index in [2.05, 4.69) is 0 Å². The third kappa shape index (κ3) is 2.80. The van der Waals surface area contributed by atoms with Crippen LogP contribution in [0.25, 0.3) is 0 Å². The minimum absolute atomic E-state index is 0.0698. The first-order chi connectivity index (χ1) is 7.41. The molecule has 0 spiro atoms. The molecule has 0 heterocycles. The number of ether oxygens (including phenoxy) is 1. The molecule has 2 nitrogen and oxygen atoms in total. The Kier molecular flexibility index (Phi) is 4.04. The normalized spacial score (nSPS) is 11.6. The van der Waals surface area contributed by atoms with E-state index in [1.54, 1.807) is 0 Å². The lowest BCUT2D eigenvalue weighted by molar-refractivity contribution is 0.0109. The van der Waals surface area contributed by atoms with Crippen LogP contribution in [0.1, 0.15) is 5.56 Å². The van der Waals surface area contributed by atoms with Crippen LogP contribution in [0, 0.1) is 5.82 Å². The average Bonchev–Trinajstić information content (AvgIpc) is 2.25. The number of alkyl halides is 2. The molecule has 0 unspecified atom stereocenters. The Morgan fingerprint density at radius 2 is 2.06 bits per heavy atom. The van der Waals surface area contributed by atoms with Gasteiger partial charge < -0.3 is 10.5 Å². The molecular formula is C10H11ClF3NO. The number of hydrogen-bond donors (Lipinski definition) is 1. The second-order valence-electron chi connectivity index (χ2n) is 3.28. The molecule has 2 N–H and O–H groups in total. The molecule has 1 aromatic rings. The van der Waals surface area contributed by atoms with Crippen molar-refractivity contribution in [2.75, 3.05) is 13.7 Å². The predicted molar refractivity (Wildman–Crippen MR) is 55.7 cm³/mol. The largest absolute Gasteiger partial charge is 0.496 e. The van der Waals surface area contributed by atoms with E-state index in [0.717, 1.165) is 6.07 Å². The summed E-state index contributed by atoms with van der Waals surface area (Å²) in [5.74, 6) is -3.77. The summed E-state index contributed by atoms with van der Waals surface area (Å²) in [5, 5.41) is -0.354. The van der Waals surface area contributed by atoms with Crippen molar-refractivity contribution >= 4 is 11.6 Å². The van der Waals surface area contributed by atoms with Crippen molar-refractivity contribution in [3.8, 4) is 5.75 Å². The van der Waals surface area contributed by atoms with Crippen molar-refractivity contribution in [1.29, 1.82) is 0 Å². The van der Waals surface area contributed by atoms with E-state index in [1.165, 1.54) is 13.2 Å². The Balaban J connectivity index is 3.15. The molecule has 16 heavy (non-hydrogen) atoms. The Labute approximate surface area is 96.1 Å². The van der Waals surface area contributed by atoms with Crippen LogP contribution < -0.4 is 10.5 Å². The van der Waals surface area contributed by atoms with Gasteiger partial charge >= 0.3 is 0 Å². The molecule has 6 heteroatoms. The molecule has 0 fully saturated rings. The zero-order valence-corrected chi connectivity index (χ0v) is 9.32. The van der Waals surface area contributed by atoms with E-state index in [0.29, 0.717) is 0 Å². The Morgan fingerprint density at radius 1 is 1.44 bits per heavy atom. The van der Waals surface area contributed by atoms with Crippen LogP contribution in [-0.2, 0) is 6.42 Å². The van der Waals surface area contributed by atoms with Crippen LogP contribution in [0.3, 0.4) is 0 Å². The lowest BCUT2D eigenvalue weighted by Gasteiger charge is -2.17. The van der Waals surface area contributed by atoms with Crippen molar-refractivity contribution in [2.45, 2.75) is 12.3 Å². The van der Waals surface area contributed by atoms with E-state index in [4.69, 9.17) is 22.1 Å². The van der Waals surface area contributed by atoms with Gasteiger partial charge in [-0.25, -0.2) is 13.2 Å². The van der Waals surface area contributed by atoms with Crippen LogP contribution in [0.5, 0.6) is 5.75 Å². The summed E-state index contributed by atoms with van der Waals surface area (Å²) in [6.45, 7) is -0.830. The van der Waals surface area contributed by atoms with Gasteiger partial charge in [0.25, 0.3) is 5.92 Å². The van der Waals surface area contributed by atoms with Gasteiger partial charge in [0.05, 0.1) is 18.7 Å². The van der Waals surface area contributed by atoms with Gasteiger partial charge in [-0.05, 0) is 12.1 Å². The SMILES string of the molecule is COc1ccc(F)c(Cl)c1CC(F)(F)CN. The summed E-state index contributed by atoms with van der Waals surface area (Å²) in [6.07, 6.45) is -0.747. The van der Waals surface area contributed by atoms with Crippen LogP contribution in [-0.4, -0.2) is 19.6 Å². The molecule has 0 atom stereocenters. The summed E-state index contributed by atoms with van der Waals surface area (Å²) >= 11 is 5.61. The van der Waals surface area contributed by atoms with Crippen LogP contribution >= 0.6 is 11.6 Å². The standard InChI is InChI=1S/C10H11ClF3NO/c1-16-8-3-2-7(12)9(11)6(8)4-10(13,14)5-15/h2-3H,4-5,15H2,1H3. The molecule has 0 aromatic heterocycles. The molecule has 1 rings (SSSR count). The fourth-order valence-electron chi connectivity index (χ4n) is 1.26. The fourth-order valence-corrected chi connectivity index (χ4v) is 1.48. The van der Waals surface area contributed by atoms with Crippen LogP contribution in [0.15, 0.2) is 12.1 Å². The highest BCUT2D eigenvalue weighted by atomic mass is 35.5. The summed E-state index contributed by atoms with van der Waals surface area (Å²) in [7, 11) is 1.30. The number of hydrogen-bond acceptors (Lipinski definition) is 2. The molecule has 0 aliphatic rings. The number of benzene rings is 1. The van der Waals surface area contributed by atoms with Crippen molar-refractivity contribution in [3.63, 3.8) is 0 Å². The van der Waals surface area contributed by atoms with Crippen molar-refractivity contribution < 1.29 is 17.9 Å². The maximum absolute atomic E-state index is 13.1. The highest BCUT2D eigenvalue weighted by Crippen LogP contribution is 2.33. The Morgan fingerprint density at radius 3 is 2.56 bits per heavy atom. The van der Waals surface area contributed by atoms with E-state index in [9.17, 15) is 13.2 Å². The number of halogens is 4. The van der Waals surface area contributed by atoms with E-state index < -0.39 is 24.7 Å². The van der Waals surface area contributed by atoms with Gasteiger partial charge in [-0.3, -0.25) is 0 Å². The minimum atomic E-state index is -3.13. The second-order valence-corrected chi connectivity index (χ2v) is 3.66. The van der Waals surface area contributed by atoms with E-state index in [1.807, 2.05) is 0 Å². The van der Waals surface area contributed by atoms with Gasteiger partial charge in [0.1, 0.15) is 11.6 Å². The van der Waals surface area contributed by atoms with Crippen molar-refractivity contribution in [2.24, 2.45) is 5.73 Å². The summed E-state index contributed by atoms with van der Waals surface area (Å²) in [4.78, 5) is 0. The second kappa shape index (κ2) is 4.93. The molecule has 0 amide bonds. The van der Waals surface area contributed by atoms with Gasteiger partial charge in [0, 0.05) is 12.0 Å². The Hall–Kier alpha value is -0.940. The lowest BCUT2D eigenvalue weighted by atomic mass is 10.1. The summed E-state index contributed by atoms with van der Waals surface area (Å²) in [6, 6.07) is 2.31. The fraction of sp³-hybridized carbons (Fsp3) is 0.400. The average molecular weight is 254 g/mol. The van der Waals surface area contributed by atoms with Gasteiger partial charge in [0.15, 0.2) is 0 Å². The Bertz CT molecular complexity index is 385. The van der Waals surface area contributed by atoms with Gasteiger partial charge in [-0.1, -0.05) is 11.6 Å². The van der Waals surface area contributed by atoms with Crippen LogP contribution in [0.2, 0.25) is 5.02 Å². The first-order valence-electron chi connectivity index (χ1n) is 4.50. The van der Waals surface area contributed by atoms with Gasteiger partial charge in [-0.2, -0.15) is 0 Å². The maximum atomic E-state index is 13.1.